The first-order valence-corrected chi connectivity index (χ1v) is 6.53. The minimum absolute atomic E-state index is 0.139. The molecule has 2 N–H and O–H groups in total. The van der Waals surface area contributed by atoms with Gasteiger partial charge in [0.05, 0.1) is 12.7 Å². The highest BCUT2D eigenvalue weighted by Crippen LogP contribution is 2.07. The lowest BCUT2D eigenvalue weighted by Crippen LogP contribution is -2.21. The number of rotatable bonds is 9. The molecule has 1 atom stereocenters. The van der Waals surface area contributed by atoms with Gasteiger partial charge < -0.3 is 20.1 Å². The number of carbonyl (C=O) groups excluding carboxylic acids is 1. The average molecular weight is 247 g/mol. The van der Waals surface area contributed by atoms with E-state index in [9.17, 15) is 9.90 Å². The van der Waals surface area contributed by atoms with E-state index in [0.29, 0.717) is 0 Å². The second-order valence-electron chi connectivity index (χ2n) is 4.27. The van der Waals surface area contributed by atoms with Crippen LogP contribution in [0.1, 0.15) is 65.2 Å². The van der Waals surface area contributed by atoms with Crippen molar-refractivity contribution in [2.45, 2.75) is 71.3 Å². The summed E-state index contributed by atoms with van der Waals surface area (Å²) < 4.78 is 0. The zero-order chi connectivity index (χ0) is 13.5. The van der Waals surface area contributed by atoms with Crippen LogP contribution < -0.4 is 5.11 Å². The number of aliphatic hydroxyl groups is 2. The van der Waals surface area contributed by atoms with E-state index < -0.39 is 12.1 Å². The molecule has 1 unspecified atom stereocenters. The summed E-state index contributed by atoms with van der Waals surface area (Å²) in [7, 11) is 0. The number of hydrogen-bond acceptors (Lipinski definition) is 4. The molecule has 0 radical (unpaired) electrons. The highest BCUT2D eigenvalue weighted by Gasteiger charge is 1.90. The van der Waals surface area contributed by atoms with Crippen molar-refractivity contribution in [1.29, 1.82) is 0 Å². The van der Waals surface area contributed by atoms with E-state index in [1.54, 1.807) is 0 Å². The molecule has 104 valence electrons. The summed E-state index contributed by atoms with van der Waals surface area (Å²) in [6, 6.07) is 0. The first-order valence-electron chi connectivity index (χ1n) is 6.53. The lowest BCUT2D eigenvalue weighted by molar-refractivity contribution is -0.305. The summed E-state index contributed by atoms with van der Waals surface area (Å²) in [6.45, 7) is 3.58. The second-order valence-corrected chi connectivity index (χ2v) is 4.27. The molecular formula is C13H27O4-. The third-order valence-corrected chi connectivity index (χ3v) is 2.25. The van der Waals surface area contributed by atoms with E-state index in [-0.39, 0.29) is 13.0 Å². The summed E-state index contributed by atoms with van der Waals surface area (Å²) in [5.74, 6) is -0.913. The molecule has 0 saturated heterocycles. The second kappa shape index (κ2) is 15.4. The van der Waals surface area contributed by atoms with Crippen LogP contribution >= 0.6 is 0 Å². The minimum atomic E-state index is -0.913. The van der Waals surface area contributed by atoms with Gasteiger partial charge in [-0.2, -0.15) is 0 Å². The number of carboxylic acids is 1. The molecule has 0 rings (SSSR count). The van der Waals surface area contributed by atoms with Crippen LogP contribution in [-0.4, -0.2) is 28.9 Å². The Labute approximate surface area is 105 Å². The lowest BCUT2D eigenvalue weighted by atomic mass is 10.1. The zero-order valence-corrected chi connectivity index (χ0v) is 11.2. The minimum Gasteiger partial charge on any atom is -0.550 e. The highest BCUT2D eigenvalue weighted by atomic mass is 16.4. The lowest BCUT2D eigenvalue weighted by Gasteiger charge is -2.01. The molecule has 0 heterocycles. The van der Waals surface area contributed by atoms with Gasteiger partial charge >= 0.3 is 0 Å². The summed E-state index contributed by atoms with van der Waals surface area (Å²) in [5.41, 5.74) is 0. The molecule has 0 aromatic rings. The third kappa shape index (κ3) is 25.6. The van der Waals surface area contributed by atoms with E-state index in [4.69, 9.17) is 10.2 Å². The first-order chi connectivity index (χ1) is 8.04. The van der Waals surface area contributed by atoms with Gasteiger partial charge in [0.2, 0.25) is 0 Å². The molecule has 0 saturated carbocycles. The predicted octanol–water partition coefficient (Wildman–Crippen LogP) is 1.24. The zero-order valence-electron chi connectivity index (χ0n) is 11.2. The summed E-state index contributed by atoms with van der Waals surface area (Å²) in [4.78, 5) is 10.0. The Morgan fingerprint density at radius 2 is 1.53 bits per heavy atom. The fourth-order valence-corrected chi connectivity index (χ4v) is 1.23. The molecule has 0 aromatic carbocycles. The van der Waals surface area contributed by atoms with Gasteiger partial charge in [0.15, 0.2) is 0 Å². The molecule has 4 nitrogen and oxygen atoms in total. The first kappa shape index (κ1) is 18.7. The topological polar surface area (TPSA) is 80.6 Å². The standard InChI is InChI=1S/C10H20O2.C3H8O2/c1-2-3-4-5-6-7-8-9-10(11)12;1-3(5)2-4/h2-9H2,1H3,(H,11,12);3-5H,2H2,1H3/p-1. The van der Waals surface area contributed by atoms with Crippen LogP contribution in [0.4, 0.5) is 0 Å². The van der Waals surface area contributed by atoms with E-state index in [1.807, 2.05) is 0 Å². The van der Waals surface area contributed by atoms with E-state index in [2.05, 4.69) is 6.92 Å². The maximum Gasteiger partial charge on any atom is 0.0742 e. The highest BCUT2D eigenvalue weighted by molar-refractivity contribution is 5.63. The Morgan fingerprint density at radius 1 is 1.12 bits per heavy atom. The van der Waals surface area contributed by atoms with E-state index in [1.165, 1.54) is 39.0 Å². The average Bonchev–Trinajstić information content (AvgIpc) is 2.28. The van der Waals surface area contributed by atoms with Crippen LogP contribution in [0.25, 0.3) is 0 Å². The van der Waals surface area contributed by atoms with Crippen molar-refractivity contribution >= 4 is 5.97 Å². The van der Waals surface area contributed by atoms with Crippen molar-refractivity contribution in [1.82, 2.24) is 0 Å². The van der Waals surface area contributed by atoms with Crippen LogP contribution in [0, 0.1) is 0 Å². The van der Waals surface area contributed by atoms with Crippen molar-refractivity contribution < 1.29 is 20.1 Å². The SMILES string of the molecule is CC(O)CO.CCCCCCCCCC(=O)[O-]. The fourth-order valence-electron chi connectivity index (χ4n) is 1.23. The number of carbonyl (C=O) groups is 1. The van der Waals surface area contributed by atoms with Crippen molar-refractivity contribution in [3.63, 3.8) is 0 Å². The van der Waals surface area contributed by atoms with Gasteiger partial charge in [0.1, 0.15) is 0 Å². The maximum atomic E-state index is 10.0. The predicted molar refractivity (Wildman–Crippen MR) is 66.4 cm³/mol. The van der Waals surface area contributed by atoms with Gasteiger partial charge in [0, 0.05) is 5.97 Å². The van der Waals surface area contributed by atoms with E-state index in [0.717, 1.165) is 12.8 Å². The van der Waals surface area contributed by atoms with Crippen LogP contribution in [0.2, 0.25) is 0 Å². The van der Waals surface area contributed by atoms with Gasteiger partial charge in [0.25, 0.3) is 0 Å². The van der Waals surface area contributed by atoms with Gasteiger partial charge in [-0.3, -0.25) is 0 Å². The number of hydrogen-bond donors (Lipinski definition) is 2. The van der Waals surface area contributed by atoms with Gasteiger partial charge in [-0.1, -0.05) is 45.4 Å². The molecule has 0 aliphatic heterocycles. The molecule has 0 aliphatic rings. The summed E-state index contributed by atoms with van der Waals surface area (Å²) in [6.07, 6.45) is 7.78. The monoisotopic (exact) mass is 247 g/mol. The molecule has 0 aliphatic carbocycles. The van der Waals surface area contributed by atoms with Gasteiger partial charge in [-0.05, 0) is 19.8 Å². The van der Waals surface area contributed by atoms with Crippen molar-refractivity contribution in [3.8, 4) is 0 Å². The van der Waals surface area contributed by atoms with Crippen molar-refractivity contribution in [2.24, 2.45) is 0 Å². The largest absolute Gasteiger partial charge is 0.550 e. The Hall–Kier alpha value is -0.610. The Morgan fingerprint density at radius 3 is 1.88 bits per heavy atom. The molecule has 0 bridgehead atoms. The van der Waals surface area contributed by atoms with Gasteiger partial charge in [-0.15, -0.1) is 0 Å². The van der Waals surface area contributed by atoms with Gasteiger partial charge in [-0.25, -0.2) is 0 Å². The molecule has 0 amide bonds. The summed E-state index contributed by atoms with van der Waals surface area (Å²) in [5, 5.41) is 26.0. The Balaban J connectivity index is 0. The van der Waals surface area contributed by atoms with Crippen molar-refractivity contribution in [2.75, 3.05) is 6.61 Å². The van der Waals surface area contributed by atoms with Crippen LogP contribution in [0.3, 0.4) is 0 Å². The quantitative estimate of drug-likeness (QED) is 0.601. The third-order valence-electron chi connectivity index (χ3n) is 2.25. The normalized spacial score (nSPS) is 11.5. The molecule has 17 heavy (non-hydrogen) atoms. The molecule has 0 aromatic heterocycles. The number of aliphatic carboxylic acids is 1. The Bertz CT molecular complexity index is 157. The van der Waals surface area contributed by atoms with Crippen LogP contribution in [0.15, 0.2) is 0 Å². The Kier molecular flexibility index (Phi) is 17.0. The number of aliphatic hydroxyl groups excluding tert-OH is 2. The summed E-state index contributed by atoms with van der Waals surface area (Å²) >= 11 is 0. The van der Waals surface area contributed by atoms with Crippen molar-refractivity contribution in [3.05, 3.63) is 0 Å². The number of carboxylic acid groups (broad SMARTS) is 1. The molecule has 0 fully saturated rings. The maximum absolute atomic E-state index is 10.0. The van der Waals surface area contributed by atoms with Crippen LogP contribution in [0.5, 0.6) is 0 Å². The molecular weight excluding hydrogens is 220 g/mol. The van der Waals surface area contributed by atoms with Crippen LogP contribution in [-0.2, 0) is 4.79 Å². The number of unbranched alkanes of at least 4 members (excludes halogenated alkanes) is 6. The van der Waals surface area contributed by atoms with E-state index >= 15 is 0 Å². The fraction of sp³-hybridized carbons (Fsp3) is 0.923. The smallest absolute Gasteiger partial charge is 0.0742 e. The molecule has 0 spiro atoms. The molecule has 4 heteroatoms.